The van der Waals surface area contributed by atoms with Crippen LogP contribution < -0.4 is 5.32 Å². The van der Waals surface area contributed by atoms with E-state index in [0.717, 1.165) is 51.5 Å². The molecule has 21 heavy (non-hydrogen) atoms. The fraction of sp³-hybridized carbons (Fsp3) is 0.600. The number of nitrogens with zero attached hydrogens (tertiary/aromatic N) is 1. The average Bonchev–Trinajstić information content (AvgIpc) is 2.42. The molecule has 0 radical (unpaired) electrons. The lowest BCUT2D eigenvalue weighted by molar-refractivity contribution is 0.0805. The van der Waals surface area contributed by atoms with Crippen molar-refractivity contribution in [2.24, 2.45) is 5.92 Å². The largest absolute Gasteiger partial charge is 0.314 e. The second-order valence-electron chi connectivity index (χ2n) is 5.69. The molecule has 1 aromatic rings. The maximum atomic E-state index is 14.1. The summed E-state index contributed by atoms with van der Waals surface area (Å²) in [7, 11) is 0. The van der Waals surface area contributed by atoms with Gasteiger partial charge in [0.05, 0.1) is 0 Å². The summed E-state index contributed by atoms with van der Waals surface area (Å²) in [6, 6.07) is 2.33. The number of hydrogen-bond donors (Lipinski definition) is 1. The first-order valence-corrected chi connectivity index (χ1v) is 7.26. The molecule has 1 saturated carbocycles. The van der Waals surface area contributed by atoms with Crippen LogP contribution in [0.5, 0.6) is 0 Å². The van der Waals surface area contributed by atoms with E-state index < -0.39 is 17.5 Å². The van der Waals surface area contributed by atoms with E-state index in [-0.39, 0.29) is 18.4 Å². The molecule has 0 aromatic heterocycles. The number of halogens is 4. The first-order valence-electron chi connectivity index (χ1n) is 7.26. The van der Waals surface area contributed by atoms with E-state index in [1.807, 2.05) is 0 Å². The maximum Gasteiger partial charge on any atom is 0.194 e. The molecule has 1 aliphatic heterocycles. The van der Waals surface area contributed by atoms with Crippen LogP contribution in [0.25, 0.3) is 0 Å². The minimum absolute atomic E-state index is 0. The van der Waals surface area contributed by atoms with Crippen LogP contribution in [0.4, 0.5) is 13.2 Å². The minimum Gasteiger partial charge on any atom is -0.314 e. The Morgan fingerprint density at radius 2 is 1.71 bits per heavy atom. The Morgan fingerprint density at radius 1 is 1.05 bits per heavy atom. The molecule has 6 heteroatoms. The Balaban J connectivity index is 0.00000161. The van der Waals surface area contributed by atoms with Crippen LogP contribution in [0.1, 0.15) is 30.9 Å². The third kappa shape index (κ3) is 3.20. The van der Waals surface area contributed by atoms with Crippen molar-refractivity contribution in [1.82, 2.24) is 10.2 Å². The van der Waals surface area contributed by atoms with Gasteiger partial charge >= 0.3 is 0 Å². The lowest BCUT2D eigenvalue weighted by atomic mass is 9.76. The molecule has 2 aliphatic rings. The van der Waals surface area contributed by atoms with Crippen molar-refractivity contribution in [1.29, 1.82) is 0 Å². The average molecular weight is 321 g/mol. The summed E-state index contributed by atoms with van der Waals surface area (Å²) in [5, 5.41) is 3.26. The number of piperazine rings is 1. The SMILES string of the molecule is Cl.Fc1ccc([C@@H](C2CCC2)N2CCNCC2)c(F)c1F. The number of nitrogens with one attached hydrogen (secondary N) is 1. The molecule has 1 aromatic carbocycles. The van der Waals surface area contributed by atoms with Crippen molar-refractivity contribution in [3.05, 3.63) is 35.1 Å². The molecule has 0 spiro atoms. The van der Waals surface area contributed by atoms with Crippen molar-refractivity contribution < 1.29 is 13.2 Å². The highest BCUT2D eigenvalue weighted by molar-refractivity contribution is 5.85. The lowest BCUT2D eigenvalue weighted by Gasteiger charge is -2.43. The standard InChI is InChI=1S/C15H19F3N2.ClH/c16-12-5-4-11(13(17)14(12)18)15(10-2-1-3-10)20-8-6-19-7-9-20;/h4-5,10,15,19H,1-3,6-9H2;1H/t15-;/m1./s1. The van der Waals surface area contributed by atoms with Crippen LogP contribution in [0.3, 0.4) is 0 Å². The van der Waals surface area contributed by atoms with E-state index in [4.69, 9.17) is 0 Å². The minimum atomic E-state index is -1.35. The summed E-state index contributed by atoms with van der Waals surface area (Å²) in [5.41, 5.74) is 0.315. The predicted octanol–water partition coefficient (Wildman–Crippen LogP) is 3.27. The molecule has 118 valence electrons. The van der Waals surface area contributed by atoms with Crippen LogP contribution in [0, 0.1) is 23.4 Å². The summed E-state index contributed by atoms with van der Waals surface area (Å²) in [6.07, 6.45) is 3.21. The first-order chi connectivity index (χ1) is 9.68. The Bertz CT molecular complexity index is 488. The molecular weight excluding hydrogens is 301 g/mol. The van der Waals surface area contributed by atoms with Crippen LogP contribution in [-0.4, -0.2) is 31.1 Å². The van der Waals surface area contributed by atoms with E-state index in [1.54, 1.807) is 0 Å². The van der Waals surface area contributed by atoms with E-state index in [1.165, 1.54) is 6.07 Å². The fourth-order valence-electron chi connectivity index (χ4n) is 3.23. The van der Waals surface area contributed by atoms with Crippen molar-refractivity contribution >= 4 is 12.4 Å². The molecule has 0 amide bonds. The summed E-state index contributed by atoms with van der Waals surface area (Å²) in [6.45, 7) is 3.35. The van der Waals surface area contributed by atoms with Gasteiger partial charge in [0.2, 0.25) is 0 Å². The van der Waals surface area contributed by atoms with Crippen molar-refractivity contribution in [3.63, 3.8) is 0 Å². The third-order valence-electron chi connectivity index (χ3n) is 4.53. The van der Waals surface area contributed by atoms with Crippen LogP contribution in [0.2, 0.25) is 0 Å². The number of hydrogen-bond acceptors (Lipinski definition) is 2. The van der Waals surface area contributed by atoms with E-state index in [0.29, 0.717) is 11.5 Å². The van der Waals surface area contributed by atoms with Gasteiger partial charge in [-0.3, -0.25) is 4.90 Å². The summed E-state index contributed by atoms with van der Waals surface area (Å²) in [4.78, 5) is 2.20. The van der Waals surface area contributed by atoms with Gasteiger partial charge in [0, 0.05) is 37.8 Å². The van der Waals surface area contributed by atoms with E-state index >= 15 is 0 Å². The number of benzene rings is 1. The third-order valence-corrected chi connectivity index (χ3v) is 4.53. The Kier molecular flexibility index (Phi) is 5.52. The zero-order chi connectivity index (χ0) is 14.1. The van der Waals surface area contributed by atoms with Gasteiger partial charge in [0.1, 0.15) is 0 Å². The van der Waals surface area contributed by atoms with Crippen molar-refractivity contribution in [3.8, 4) is 0 Å². The summed E-state index contributed by atoms with van der Waals surface area (Å²) < 4.78 is 40.8. The van der Waals surface area contributed by atoms with Gasteiger partial charge in [-0.15, -0.1) is 12.4 Å². The quantitative estimate of drug-likeness (QED) is 0.860. The molecule has 2 nitrogen and oxygen atoms in total. The van der Waals surface area contributed by atoms with Gasteiger partial charge in [-0.25, -0.2) is 13.2 Å². The van der Waals surface area contributed by atoms with Gasteiger partial charge in [-0.1, -0.05) is 12.5 Å². The lowest BCUT2D eigenvalue weighted by Crippen LogP contribution is -2.48. The Morgan fingerprint density at radius 3 is 2.29 bits per heavy atom. The maximum absolute atomic E-state index is 14.1. The van der Waals surface area contributed by atoms with E-state index in [2.05, 4.69) is 10.2 Å². The highest BCUT2D eigenvalue weighted by Gasteiger charge is 2.36. The Hall–Kier alpha value is -0.780. The van der Waals surface area contributed by atoms with Gasteiger partial charge in [-0.05, 0) is 24.8 Å². The van der Waals surface area contributed by atoms with Crippen LogP contribution >= 0.6 is 12.4 Å². The monoisotopic (exact) mass is 320 g/mol. The van der Waals surface area contributed by atoms with Crippen molar-refractivity contribution in [2.75, 3.05) is 26.2 Å². The topological polar surface area (TPSA) is 15.3 Å². The van der Waals surface area contributed by atoms with Gasteiger partial charge < -0.3 is 5.32 Å². The molecule has 1 saturated heterocycles. The molecule has 1 heterocycles. The molecule has 3 rings (SSSR count). The summed E-state index contributed by atoms with van der Waals surface area (Å²) >= 11 is 0. The van der Waals surface area contributed by atoms with Crippen molar-refractivity contribution in [2.45, 2.75) is 25.3 Å². The van der Waals surface area contributed by atoms with Crippen LogP contribution in [0.15, 0.2) is 12.1 Å². The Labute approximate surface area is 129 Å². The molecule has 1 N–H and O–H groups in total. The number of rotatable bonds is 3. The zero-order valence-electron chi connectivity index (χ0n) is 11.7. The molecule has 2 fully saturated rings. The summed E-state index contributed by atoms with van der Waals surface area (Å²) in [5.74, 6) is -3.12. The smallest absolute Gasteiger partial charge is 0.194 e. The molecular formula is C15H20ClF3N2. The molecule has 0 bridgehead atoms. The zero-order valence-corrected chi connectivity index (χ0v) is 12.6. The molecule has 0 unspecified atom stereocenters. The van der Waals surface area contributed by atoms with Gasteiger partial charge in [-0.2, -0.15) is 0 Å². The molecule has 1 atom stereocenters. The first kappa shape index (κ1) is 16.6. The highest BCUT2D eigenvalue weighted by Crippen LogP contribution is 2.42. The predicted molar refractivity (Wildman–Crippen MR) is 78.1 cm³/mol. The second-order valence-corrected chi connectivity index (χ2v) is 5.69. The second kappa shape index (κ2) is 6.99. The normalized spacial score (nSPS) is 21.5. The van der Waals surface area contributed by atoms with Gasteiger partial charge in [0.25, 0.3) is 0 Å². The fourth-order valence-corrected chi connectivity index (χ4v) is 3.23. The van der Waals surface area contributed by atoms with Crippen LogP contribution in [-0.2, 0) is 0 Å². The highest BCUT2D eigenvalue weighted by atomic mass is 35.5. The van der Waals surface area contributed by atoms with Gasteiger partial charge in [0.15, 0.2) is 17.5 Å². The van der Waals surface area contributed by atoms with E-state index in [9.17, 15) is 13.2 Å². The molecule has 1 aliphatic carbocycles.